The van der Waals surface area contributed by atoms with E-state index in [1.54, 1.807) is 7.05 Å². The molecule has 0 aliphatic heterocycles. The molecule has 0 radical (unpaired) electrons. The van der Waals surface area contributed by atoms with E-state index in [1.807, 2.05) is 0 Å². The van der Waals surface area contributed by atoms with Crippen molar-refractivity contribution in [2.75, 3.05) is 7.05 Å². The zero-order valence-electron chi connectivity index (χ0n) is 7.86. The molecule has 2 nitrogen and oxygen atoms in total. The molecule has 1 rings (SSSR count). The minimum absolute atomic E-state index is 0.124. The lowest BCUT2D eigenvalue weighted by Crippen LogP contribution is -2.17. The summed E-state index contributed by atoms with van der Waals surface area (Å²) in [6, 6.07) is 2.88. The second kappa shape index (κ2) is 4.48. The van der Waals surface area contributed by atoms with Crippen LogP contribution in [0.25, 0.3) is 0 Å². The van der Waals surface area contributed by atoms with E-state index in [9.17, 15) is 17.6 Å². The maximum atomic E-state index is 13.0. The van der Waals surface area contributed by atoms with Crippen molar-refractivity contribution in [3.63, 3.8) is 0 Å². The van der Waals surface area contributed by atoms with E-state index >= 15 is 0 Å². The first-order chi connectivity index (χ1) is 6.92. The van der Waals surface area contributed by atoms with E-state index in [1.165, 1.54) is 0 Å². The third-order valence-corrected chi connectivity index (χ3v) is 1.62. The van der Waals surface area contributed by atoms with E-state index in [4.69, 9.17) is 0 Å². The normalized spacial score (nSPS) is 11.5. The number of benzene rings is 1. The molecule has 0 saturated heterocycles. The summed E-state index contributed by atoms with van der Waals surface area (Å²) in [5, 5.41) is 2.64. The molecule has 6 heteroatoms. The largest absolute Gasteiger partial charge is 0.573 e. The summed E-state index contributed by atoms with van der Waals surface area (Å²) in [7, 11) is 1.57. The zero-order chi connectivity index (χ0) is 11.5. The Morgan fingerprint density at radius 1 is 1.33 bits per heavy atom. The van der Waals surface area contributed by atoms with Gasteiger partial charge in [0, 0.05) is 12.1 Å². The van der Waals surface area contributed by atoms with Gasteiger partial charge in [-0.2, -0.15) is 0 Å². The lowest BCUT2D eigenvalue weighted by Gasteiger charge is -2.10. The summed E-state index contributed by atoms with van der Waals surface area (Å²) in [6.45, 7) is 0.140. The number of halogens is 4. The maximum absolute atomic E-state index is 13.0. The molecule has 0 unspecified atom stereocenters. The van der Waals surface area contributed by atoms with Crippen LogP contribution in [-0.4, -0.2) is 13.4 Å². The fourth-order valence-corrected chi connectivity index (χ4v) is 1.07. The van der Waals surface area contributed by atoms with Gasteiger partial charge in [-0.1, -0.05) is 0 Å². The minimum Gasteiger partial charge on any atom is -0.406 e. The molecule has 1 aromatic carbocycles. The number of hydrogen-bond acceptors (Lipinski definition) is 2. The summed E-state index contributed by atoms with van der Waals surface area (Å²) < 4.78 is 52.1. The lowest BCUT2D eigenvalue weighted by molar-refractivity contribution is -0.274. The standard InChI is InChI=1S/C9H9F4NO/c1-14-5-6-4-7(2-3-8(6)10)15-9(11,12)13/h2-4,14H,5H2,1H3. The quantitative estimate of drug-likeness (QED) is 0.794. The highest BCUT2D eigenvalue weighted by Gasteiger charge is 2.31. The Labute approximate surface area is 83.9 Å². The molecule has 0 aliphatic carbocycles. The molecule has 0 saturated carbocycles. The molecule has 1 N–H and O–H groups in total. The summed E-state index contributed by atoms with van der Waals surface area (Å²) in [6.07, 6.45) is -4.76. The molecule has 0 heterocycles. The van der Waals surface area contributed by atoms with Crippen LogP contribution in [0.15, 0.2) is 18.2 Å². The van der Waals surface area contributed by atoms with Crippen LogP contribution in [0, 0.1) is 5.82 Å². The van der Waals surface area contributed by atoms with Gasteiger partial charge in [0.1, 0.15) is 11.6 Å². The van der Waals surface area contributed by atoms with E-state index in [-0.39, 0.29) is 12.1 Å². The van der Waals surface area contributed by atoms with E-state index < -0.39 is 17.9 Å². The van der Waals surface area contributed by atoms with Gasteiger partial charge in [-0.25, -0.2) is 4.39 Å². The van der Waals surface area contributed by atoms with E-state index in [0.29, 0.717) is 0 Å². The molecular formula is C9H9F4NO. The van der Waals surface area contributed by atoms with Crippen LogP contribution in [0.1, 0.15) is 5.56 Å². The van der Waals surface area contributed by atoms with Gasteiger partial charge in [-0.15, -0.1) is 13.2 Å². The molecule has 0 atom stereocenters. The zero-order valence-corrected chi connectivity index (χ0v) is 7.86. The smallest absolute Gasteiger partial charge is 0.406 e. The van der Waals surface area contributed by atoms with E-state index in [0.717, 1.165) is 18.2 Å². The number of alkyl halides is 3. The van der Waals surface area contributed by atoms with Gasteiger partial charge in [0.2, 0.25) is 0 Å². The van der Waals surface area contributed by atoms with Crippen molar-refractivity contribution in [3.8, 4) is 5.75 Å². The first kappa shape index (κ1) is 11.8. The Hall–Kier alpha value is -1.30. The van der Waals surface area contributed by atoms with E-state index in [2.05, 4.69) is 10.1 Å². The Balaban J connectivity index is 2.87. The molecule has 84 valence electrons. The first-order valence-corrected chi connectivity index (χ1v) is 4.11. The maximum Gasteiger partial charge on any atom is 0.573 e. The van der Waals surface area contributed by atoms with Crippen LogP contribution >= 0.6 is 0 Å². The molecule has 15 heavy (non-hydrogen) atoms. The van der Waals surface area contributed by atoms with Crippen molar-refractivity contribution in [3.05, 3.63) is 29.6 Å². The Morgan fingerprint density at radius 2 is 2.00 bits per heavy atom. The van der Waals surface area contributed by atoms with Crippen LogP contribution in [0.3, 0.4) is 0 Å². The number of rotatable bonds is 3. The SMILES string of the molecule is CNCc1cc(OC(F)(F)F)ccc1F. The third-order valence-electron chi connectivity index (χ3n) is 1.62. The van der Waals surface area contributed by atoms with Crippen LogP contribution in [0.2, 0.25) is 0 Å². The summed E-state index contributed by atoms with van der Waals surface area (Å²) in [4.78, 5) is 0. The monoisotopic (exact) mass is 223 g/mol. The number of nitrogens with one attached hydrogen (secondary N) is 1. The fourth-order valence-electron chi connectivity index (χ4n) is 1.07. The predicted molar refractivity (Wildman–Crippen MR) is 45.8 cm³/mol. The number of hydrogen-bond donors (Lipinski definition) is 1. The summed E-state index contributed by atoms with van der Waals surface area (Å²) in [5.41, 5.74) is 0.124. The fraction of sp³-hybridized carbons (Fsp3) is 0.333. The van der Waals surface area contributed by atoms with Gasteiger partial charge in [-0.05, 0) is 25.2 Å². The van der Waals surface area contributed by atoms with Gasteiger partial charge in [0.15, 0.2) is 0 Å². The Morgan fingerprint density at radius 3 is 2.53 bits per heavy atom. The summed E-state index contributed by atoms with van der Waals surface area (Å²) >= 11 is 0. The topological polar surface area (TPSA) is 21.3 Å². The third kappa shape index (κ3) is 3.75. The van der Waals surface area contributed by atoms with Crippen molar-refractivity contribution in [1.82, 2.24) is 5.32 Å². The van der Waals surface area contributed by atoms with Crippen molar-refractivity contribution in [1.29, 1.82) is 0 Å². The van der Waals surface area contributed by atoms with Crippen LogP contribution < -0.4 is 10.1 Å². The second-order valence-corrected chi connectivity index (χ2v) is 2.83. The summed E-state index contributed by atoms with van der Waals surface area (Å²) in [5.74, 6) is -0.993. The molecule has 0 amide bonds. The van der Waals surface area contributed by atoms with Crippen molar-refractivity contribution >= 4 is 0 Å². The minimum atomic E-state index is -4.76. The van der Waals surface area contributed by atoms with Crippen molar-refractivity contribution in [2.45, 2.75) is 12.9 Å². The molecule has 0 aliphatic rings. The molecule has 0 bridgehead atoms. The average molecular weight is 223 g/mol. The van der Waals surface area contributed by atoms with Gasteiger partial charge >= 0.3 is 6.36 Å². The van der Waals surface area contributed by atoms with Gasteiger partial charge < -0.3 is 10.1 Å². The Bertz CT molecular complexity index is 337. The second-order valence-electron chi connectivity index (χ2n) is 2.83. The van der Waals surface area contributed by atoms with Crippen molar-refractivity contribution < 1.29 is 22.3 Å². The molecular weight excluding hydrogens is 214 g/mol. The predicted octanol–water partition coefficient (Wildman–Crippen LogP) is 2.44. The Kier molecular flexibility index (Phi) is 3.52. The highest BCUT2D eigenvalue weighted by Crippen LogP contribution is 2.24. The highest BCUT2D eigenvalue weighted by molar-refractivity contribution is 5.29. The van der Waals surface area contributed by atoms with Crippen LogP contribution in [-0.2, 0) is 6.54 Å². The average Bonchev–Trinajstić information content (AvgIpc) is 2.09. The van der Waals surface area contributed by atoms with Crippen LogP contribution in [0.4, 0.5) is 17.6 Å². The first-order valence-electron chi connectivity index (χ1n) is 4.11. The molecule has 0 fully saturated rings. The molecule has 0 spiro atoms. The molecule has 0 aromatic heterocycles. The van der Waals surface area contributed by atoms with Gasteiger partial charge in [0.05, 0.1) is 0 Å². The number of ether oxygens (including phenoxy) is 1. The van der Waals surface area contributed by atoms with Crippen LogP contribution in [0.5, 0.6) is 5.75 Å². The van der Waals surface area contributed by atoms with Gasteiger partial charge in [0.25, 0.3) is 0 Å². The lowest BCUT2D eigenvalue weighted by atomic mass is 10.2. The molecule has 1 aromatic rings. The highest BCUT2D eigenvalue weighted by atomic mass is 19.4. The van der Waals surface area contributed by atoms with Crippen molar-refractivity contribution in [2.24, 2.45) is 0 Å². The van der Waals surface area contributed by atoms with Gasteiger partial charge in [-0.3, -0.25) is 0 Å².